The summed E-state index contributed by atoms with van der Waals surface area (Å²) in [4.78, 5) is 23.3. The van der Waals surface area contributed by atoms with Crippen molar-refractivity contribution in [3.05, 3.63) is 24.3 Å². The molecule has 110 valence electrons. The molecule has 20 heavy (non-hydrogen) atoms. The van der Waals surface area contributed by atoms with Crippen LogP contribution in [0.1, 0.15) is 39.5 Å². The second-order valence-corrected chi connectivity index (χ2v) is 6.43. The summed E-state index contributed by atoms with van der Waals surface area (Å²) in [5.74, 6) is -0.878. The molecule has 2 N–H and O–H groups in total. The average molecular weight is 295 g/mol. The molecule has 0 saturated carbocycles. The number of para-hydroxylation sites is 1. The molecule has 0 unspecified atom stereocenters. The summed E-state index contributed by atoms with van der Waals surface area (Å²) in [6.45, 7) is 4.21. The van der Waals surface area contributed by atoms with Crippen molar-refractivity contribution in [3.8, 4) is 0 Å². The lowest BCUT2D eigenvalue weighted by molar-refractivity contribution is -0.137. The van der Waals surface area contributed by atoms with Crippen molar-refractivity contribution in [2.75, 3.05) is 5.32 Å². The van der Waals surface area contributed by atoms with Crippen LogP contribution in [-0.2, 0) is 9.59 Å². The Hall–Kier alpha value is -1.49. The van der Waals surface area contributed by atoms with E-state index in [0.29, 0.717) is 24.5 Å². The third-order valence-electron chi connectivity index (χ3n) is 2.57. The van der Waals surface area contributed by atoms with Crippen molar-refractivity contribution < 1.29 is 14.7 Å². The van der Waals surface area contributed by atoms with E-state index in [9.17, 15) is 9.59 Å². The smallest absolute Gasteiger partial charge is 0.303 e. The van der Waals surface area contributed by atoms with Gasteiger partial charge in [-0.1, -0.05) is 26.0 Å². The lowest BCUT2D eigenvalue weighted by atomic mass is 10.2. The van der Waals surface area contributed by atoms with Crippen LogP contribution in [0.15, 0.2) is 29.2 Å². The van der Waals surface area contributed by atoms with Crippen LogP contribution in [0.3, 0.4) is 0 Å². The largest absolute Gasteiger partial charge is 0.481 e. The van der Waals surface area contributed by atoms with E-state index >= 15 is 0 Å². The Morgan fingerprint density at radius 2 is 1.85 bits per heavy atom. The molecule has 0 fully saturated rings. The zero-order valence-corrected chi connectivity index (χ0v) is 12.7. The summed E-state index contributed by atoms with van der Waals surface area (Å²) in [6.07, 6.45) is 1.60. The van der Waals surface area contributed by atoms with E-state index in [2.05, 4.69) is 19.2 Å². The first-order chi connectivity index (χ1) is 9.49. The quantitative estimate of drug-likeness (QED) is 0.566. The summed E-state index contributed by atoms with van der Waals surface area (Å²) in [5.41, 5.74) is 0.828. The molecule has 5 heteroatoms. The van der Waals surface area contributed by atoms with Crippen molar-refractivity contribution in [1.29, 1.82) is 0 Å². The summed E-state index contributed by atoms with van der Waals surface area (Å²) >= 11 is 1.71. The van der Waals surface area contributed by atoms with Crippen LogP contribution in [0.4, 0.5) is 5.69 Å². The SMILES string of the molecule is CC(C)Sc1ccccc1NC(=O)CCCCC(=O)O. The van der Waals surface area contributed by atoms with Crippen LogP contribution in [0.2, 0.25) is 0 Å². The van der Waals surface area contributed by atoms with E-state index in [-0.39, 0.29) is 12.3 Å². The van der Waals surface area contributed by atoms with Gasteiger partial charge in [0.15, 0.2) is 0 Å². The second-order valence-electron chi connectivity index (χ2n) is 4.81. The van der Waals surface area contributed by atoms with Gasteiger partial charge in [0.05, 0.1) is 5.69 Å². The maximum Gasteiger partial charge on any atom is 0.303 e. The molecule has 0 aromatic heterocycles. The topological polar surface area (TPSA) is 66.4 Å². The highest BCUT2D eigenvalue weighted by Gasteiger charge is 2.08. The highest BCUT2D eigenvalue weighted by Crippen LogP contribution is 2.30. The molecule has 0 spiro atoms. The number of carboxylic acid groups (broad SMARTS) is 1. The van der Waals surface area contributed by atoms with Gasteiger partial charge in [-0.3, -0.25) is 9.59 Å². The van der Waals surface area contributed by atoms with Gasteiger partial charge in [-0.15, -0.1) is 11.8 Å². The number of aliphatic carboxylic acids is 1. The molecule has 0 atom stereocenters. The highest BCUT2D eigenvalue weighted by atomic mass is 32.2. The summed E-state index contributed by atoms with van der Waals surface area (Å²) in [6, 6.07) is 7.72. The van der Waals surface area contributed by atoms with E-state index in [4.69, 9.17) is 5.11 Å². The number of benzene rings is 1. The van der Waals surface area contributed by atoms with E-state index in [0.717, 1.165) is 10.6 Å². The number of thioether (sulfide) groups is 1. The molecule has 0 radical (unpaired) electrons. The van der Waals surface area contributed by atoms with E-state index < -0.39 is 5.97 Å². The van der Waals surface area contributed by atoms with Crippen molar-refractivity contribution in [2.45, 2.75) is 49.7 Å². The Kier molecular flexibility index (Phi) is 7.15. The maximum atomic E-state index is 11.8. The maximum absolute atomic E-state index is 11.8. The number of hydrogen-bond acceptors (Lipinski definition) is 3. The lowest BCUT2D eigenvalue weighted by Gasteiger charge is -2.12. The minimum atomic E-state index is -0.816. The predicted octanol–water partition coefficient (Wildman–Crippen LogP) is 3.77. The number of amides is 1. The van der Waals surface area contributed by atoms with Crippen LogP contribution < -0.4 is 5.32 Å². The first-order valence-electron chi connectivity index (χ1n) is 6.76. The van der Waals surface area contributed by atoms with Gasteiger partial charge in [0.2, 0.25) is 5.91 Å². The van der Waals surface area contributed by atoms with Crippen molar-refractivity contribution >= 4 is 29.3 Å². The average Bonchev–Trinajstić information content (AvgIpc) is 2.36. The summed E-state index contributed by atoms with van der Waals surface area (Å²) in [5, 5.41) is 11.9. The molecule has 0 aliphatic rings. The molecule has 0 bridgehead atoms. The monoisotopic (exact) mass is 295 g/mol. The van der Waals surface area contributed by atoms with Gasteiger partial charge in [0.25, 0.3) is 0 Å². The van der Waals surface area contributed by atoms with E-state index in [1.54, 1.807) is 11.8 Å². The van der Waals surface area contributed by atoms with Crippen molar-refractivity contribution in [1.82, 2.24) is 0 Å². The summed E-state index contributed by atoms with van der Waals surface area (Å²) < 4.78 is 0. The standard InChI is InChI=1S/C15H21NO3S/c1-11(2)20-13-8-4-3-7-12(13)16-14(17)9-5-6-10-15(18)19/h3-4,7-8,11H,5-6,9-10H2,1-2H3,(H,16,17)(H,18,19). The normalized spacial score (nSPS) is 10.6. The first-order valence-corrected chi connectivity index (χ1v) is 7.64. The molecule has 0 saturated heterocycles. The molecule has 1 rings (SSSR count). The van der Waals surface area contributed by atoms with Gasteiger partial charge in [-0.25, -0.2) is 0 Å². The van der Waals surface area contributed by atoms with Gasteiger partial charge in [0, 0.05) is 23.0 Å². The number of unbranched alkanes of at least 4 members (excludes halogenated alkanes) is 1. The van der Waals surface area contributed by atoms with Gasteiger partial charge in [0.1, 0.15) is 0 Å². The zero-order chi connectivity index (χ0) is 15.0. The Labute approximate surface area is 124 Å². The van der Waals surface area contributed by atoms with Gasteiger partial charge in [-0.2, -0.15) is 0 Å². The first kappa shape index (κ1) is 16.6. The second kappa shape index (κ2) is 8.64. The molecule has 1 amide bonds. The Balaban J connectivity index is 2.47. The predicted molar refractivity (Wildman–Crippen MR) is 82.2 cm³/mol. The van der Waals surface area contributed by atoms with Crippen LogP contribution >= 0.6 is 11.8 Å². The third-order valence-corrected chi connectivity index (χ3v) is 3.65. The fourth-order valence-corrected chi connectivity index (χ4v) is 2.61. The van der Waals surface area contributed by atoms with Gasteiger partial charge < -0.3 is 10.4 Å². The van der Waals surface area contributed by atoms with E-state index in [1.807, 2.05) is 24.3 Å². The minimum absolute atomic E-state index is 0.0628. The number of nitrogens with one attached hydrogen (secondary N) is 1. The van der Waals surface area contributed by atoms with Crippen LogP contribution in [0, 0.1) is 0 Å². The van der Waals surface area contributed by atoms with E-state index in [1.165, 1.54) is 0 Å². The molecule has 1 aromatic carbocycles. The Morgan fingerprint density at radius 1 is 1.20 bits per heavy atom. The number of anilines is 1. The van der Waals surface area contributed by atoms with Crippen molar-refractivity contribution in [3.63, 3.8) is 0 Å². The fraction of sp³-hybridized carbons (Fsp3) is 0.467. The number of carboxylic acids is 1. The Bertz CT molecular complexity index is 460. The molecule has 0 aliphatic heterocycles. The minimum Gasteiger partial charge on any atom is -0.481 e. The molecule has 0 heterocycles. The zero-order valence-electron chi connectivity index (χ0n) is 11.9. The lowest BCUT2D eigenvalue weighted by Crippen LogP contribution is -2.12. The van der Waals surface area contributed by atoms with Crippen LogP contribution in [0.25, 0.3) is 0 Å². The highest BCUT2D eigenvalue weighted by molar-refractivity contribution is 8.00. The van der Waals surface area contributed by atoms with Crippen LogP contribution in [0.5, 0.6) is 0 Å². The van der Waals surface area contributed by atoms with Crippen molar-refractivity contribution in [2.24, 2.45) is 0 Å². The number of carbonyl (C=O) groups is 2. The molecule has 0 aliphatic carbocycles. The van der Waals surface area contributed by atoms with Gasteiger partial charge >= 0.3 is 5.97 Å². The summed E-state index contributed by atoms with van der Waals surface area (Å²) in [7, 11) is 0. The molecule has 4 nitrogen and oxygen atoms in total. The van der Waals surface area contributed by atoms with Crippen LogP contribution in [-0.4, -0.2) is 22.2 Å². The molecular weight excluding hydrogens is 274 g/mol. The van der Waals surface area contributed by atoms with Gasteiger partial charge in [-0.05, 0) is 25.0 Å². The Morgan fingerprint density at radius 3 is 2.50 bits per heavy atom. The number of hydrogen-bond donors (Lipinski definition) is 2. The molecule has 1 aromatic rings. The number of rotatable bonds is 8. The number of carbonyl (C=O) groups excluding carboxylic acids is 1. The fourth-order valence-electron chi connectivity index (χ4n) is 1.70. The third kappa shape index (κ3) is 6.61. The molecular formula is C15H21NO3S.